The molecule has 2 atom stereocenters. The number of piperidine rings is 1. The summed E-state index contributed by atoms with van der Waals surface area (Å²) in [5, 5.41) is 0. The minimum atomic E-state index is 0.722. The first-order valence-electron chi connectivity index (χ1n) is 6.19. The minimum absolute atomic E-state index is 0.722. The van der Waals surface area contributed by atoms with Crippen LogP contribution in [0.5, 0.6) is 0 Å². The van der Waals surface area contributed by atoms with E-state index in [1.165, 1.54) is 30.8 Å². The summed E-state index contributed by atoms with van der Waals surface area (Å²) in [6.45, 7) is 4.70. The van der Waals surface area contributed by atoms with E-state index in [1.807, 2.05) is 0 Å². The lowest BCUT2D eigenvalue weighted by Crippen LogP contribution is -2.43. The highest BCUT2D eigenvalue weighted by molar-refractivity contribution is 5.64. The first-order valence-corrected chi connectivity index (χ1v) is 6.19. The molecule has 0 aliphatic carbocycles. The molecule has 2 unspecified atom stereocenters. The second kappa shape index (κ2) is 3.49. The van der Waals surface area contributed by atoms with Crippen LogP contribution in [0.3, 0.4) is 0 Å². The lowest BCUT2D eigenvalue weighted by atomic mass is 9.87. The monoisotopic (exact) mass is 216 g/mol. The minimum Gasteiger partial charge on any atom is -0.371 e. The molecule has 1 aromatic rings. The molecule has 0 N–H and O–H groups in total. The standard InChI is InChI=1S/C14H20N2/c1-10-5-4-6-13-14(10)11-9-15(2)8-7-12(11)16(13)3/h4-6,11-12H,7-9H2,1-3H3. The van der Waals surface area contributed by atoms with Crippen LogP contribution in [0.1, 0.15) is 23.5 Å². The molecule has 2 heteroatoms. The number of hydrogen-bond donors (Lipinski definition) is 0. The Labute approximate surface area is 97.9 Å². The maximum absolute atomic E-state index is 2.50. The van der Waals surface area contributed by atoms with Crippen LogP contribution in [0.15, 0.2) is 18.2 Å². The predicted molar refractivity (Wildman–Crippen MR) is 68.2 cm³/mol. The van der Waals surface area contributed by atoms with Gasteiger partial charge in [0, 0.05) is 31.2 Å². The number of nitrogens with zero attached hydrogens (tertiary/aromatic N) is 2. The van der Waals surface area contributed by atoms with Crippen LogP contribution >= 0.6 is 0 Å². The Morgan fingerprint density at radius 2 is 2.06 bits per heavy atom. The molecule has 2 nitrogen and oxygen atoms in total. The second-order valence-corrected chi connectivity index (χ2v) is 5.34. The van der Waals surface area contributed by atoms with Crippen molar-refractivity contribution in [3.05, 3.63) is 29.3 Å². The van der Waals surface area contributed by atoms with Crippen molar-refractivity contribution in [3.63, 3.8) is 0 Å². The topological polar surface area (TPSA) is 6.48 Å². The van der Waals surface area contributed by atoms with Gasteiger partial charge in [0.15, 0.2) is 0 Å². The van der Waals surface area contributed by atoms with Crippen molar-refractivity contribution in [3.8, 4) is 0 Å². The fourth-order valence-corrected chi connectivity index (χ4v) is 3.48. The van der Waals surface area contributed by atoms with Gasteiger partial charge >= 0.3 is 0 Å². The van der Waals surface area contributed by atoms with E-state index in [2.05, 4.69) is 49.0 Å². The number of likely N-dealkylation sites (tertiary alicyclic amines) is 1. The van der Waals surface area contributed by atoms with Gasteiger partial charge in [-0.1, -0.05) is 12.1 Å². The fourth-order valence-electron chi connectivity index (χ4n) is 3.48. The molecule has 0 spiro atoms. The quantitative estimate of drug-likeness (QED) is 0.656. The molecular formula is C14H20N2. The van der Waals surface area contributed by atoms with Crippen molar-refractivity contribution < 1.29 is 0 Å². The van der Waals surface area contributed by atoms with Crippen molar-refractivity contribution in [1.82, 2.24) is 4.90 Å². The number of aryl methyl sites for hydroxylation is 1. The molecule has 0 aromatic heterocycles. The smallest absolute Gasteiger partial charge is 0.0405 e. The largest absolute Gasteiger partial charge is 0.371 e. The number of anilines is 1. The Morgan fingerprint density at radius 3 is 2.88 bits per heavy atom. The van der Waals surface area contributed by atoms with Crippen LogP contribution < -0.4 is 4.90 Å². The molecule has 2 heterocycles. The molecule has 86 valence electrons. The van der Waals surface area contributed by atoms with Crippen LogP contribution in [0, 0.1) is 6.92 Å². The molecule has 16 heavy (non-hydrogen) atoms. The molecule has 0 amide bonds. The second-order valence-electron chi connectivity index (χ2n) is 5.34. The zero-order valence-corrected chi connectivity index (χ0v) is 10.4. The summed E-state index contributed by atoms with van der Waals surface area (Å²) in [6, 6.07) is 7.45. The van der Waals surface area contributed by atoms with E-state index in [9.17, 15) is 0 Å². The van der Waals surface area contributed by atoms with Crippen molar-refractivity contribution in [2.75, 3.05) is 32.1 Å². The Kier molecular flexibility index (Phi) is 2.21. The van der Waals surface area contributed by atoms with Gasteiger partial charge in [-0.2, -0.15) is 0 Å². The molecule has 2 aliphatic rings. The van der Waals surface area contributed by atoms with Crippen molar-refractivity contribution in [1.29, 1.82) is 0 Å². The Bertz CT molecular complexity index is 413. The number of rotatable bonds is 0. The van der Waals surface area contributed by atoms with E-state index in [-0.39, 0.29) is 0 Å². The van der Waals surface area contributed by atoms with Gasteiger partial charge in [-0.15, -0.1) is 0 Å². The fraction of sp³-hybridized carbons (Fsp3) is 0.571. The van der Waals surface area contributed by atoms with E-state index in [1.54, 1.807) is 5.56 Å². The molecule has 2 aliphatic heterocycles. The summed E-state index contributed by atoms with van der Waals surface area (Å²) in [7, 11) is 4.50. The molecule has 1 fully saturated rings. The third kappa shape index (κ3) is 1.29. The number of likely N-dealkylation sites (N-methyl/N-ethyl adjacent to an activating group) is 2. The molecule has 1 aromatic carbocycles. The van der Waals surface area contributed by atoms with E-state index in [0.717, 1.165) is 12.0 Å². The van der Waals surface area contributed by atoms with E-state index in [4.69, 9.17) is 0 Å². The van der Waals surface area contributed by atoms with Gasteiger partial charge in [-0.25, -0.2) is 0 Å². The summed E-state index contributed by atoms with van der Waals surface area (Å²) in [5.74, 6) is 0.722. The predicted octanol–water partition coefficient (Wildman–Crippen LogP) is 2.23. The summed E-state index contributed by atoms with van der Waals surface area (Å²) in [5.41, 5.74) is 4.53. The van der Waals surface area contributed by atoms with Crippen molar-refractivity contribution in [2.45, 2.75) is 25.3 Å². The maximum atomic E-state index is 2.50. The van der Waals surface area contributed by atoms with Gasteiger partial charge < -0.3 is 9.80 Å². The van der Waals surface area contributed by atoms with Crippen molar-refractivity contribution in [2.24, 2.45) is 0 Å². The highest BCUT2D eigenvalue weighted by atomic mass is 15.2. The van der Waals surface area contributed by atoms with E-state index in [0.29, 0.717) is 0 Å². The molecule has 1 saturated heterocycles. The zero-order valence-electron chi connectivity index (χ0n) is 10.4. The lowest BCUT2D eigenvalue weighted by molar-refractivity contribution is 0.233. The average Bonchev–Trinajstić information content (AvgIpc) is 2.54. The number of benzene rings is 1. The van der Waals surface area contributed by atoms with Gasteiger partial charge in [0.1, 0.15) is 0 Å². The van der Waals surface area contributed by atoms with Gasteiger partial charge in [0.2, 0.25) is 0 Å². The molecular weight excluding hydrogens is 196 g/mol. The highest BCUT2D eigenvalue weighted by Crippen LogP contribution is 2.44. The Balaban J connectivity index is 2.08. The van der Waals surface area contributed by atoms with Crippen LogP contribution in [-0.4, -0.2) is 38.1 Å². The molecule has 3 rings (SSSR count). The van der Waals surface area contributed by atoms with E-state index < -0.39 is 0 Å². The van der Waals surface area contributed by atoms with Gasteiger partial charge in [0.05, 0.1) is 0 Å². The van der Waals surface area contributed by atoms with Crippen LogP contribution in [0.4, 0.5) is 5.69 Å². The third-order valence-electron chi connectivity index (χ3n) is 4.33. The van der Waals surface area contributed by atoms with Crippen molar-refractivity contribution >= 4 is 5.69 Å². The van der Waals surface area contributed by atoms with Gasteiger partial charge in [-0.3, -0.25) is 0 Å². The summed E-state index contributed by atoms with van der Waals surface area (Å²) >= 11 is 0. The van der Waals surface area contributed by atoms with Crippen LogP contribution in [0.2, 0.25) is 0 Å². The lowest BCUT2D eigenvalue weighted by Gasteiger charge is -2.36. The normalized spacial score (nSPS) is 29.1. The Hall–Kier alpha value is -1.02. The first-order chi connectivity index (χ1) is 7.68. The summed E-state index contributed by atoms with van der Waals surface area (Å²) in [6.07, 6.45) is 1.30. The number of fused-ring (bicyclic) bond motifs is 3. The van der Waals surface area contributed by atoms with Gasteiger partial charge in [-0.05, 0) is 44.1 Å². The summed E-state index contributed by atoms with van der Waals surface area (Å²) in [4.78, 5) is 4.97. The van der Waals surface area contributed by atoms with Crippen LogP contribution in [0.25, 0.3) is 0 Å². The average molecular weight is 216 g/mol. The first kappa shape index (κ1) is 10.2. The Morgan fingerprint density at radius 1 is 1.25 bits per heavy atom. The third-order valence-corrected chi connectivity index (χ3v) is 4.33. The molecule has 0 bridgehead atoms. The van der Waals surface area contributed by atoms with E-state index >= 15 is 0 Å². The SMILES string of the molecule is Cc1cccc2c1C1CN(C)CCC1N2C. The van der Waals surface area contributed by atoms with Crippen LogP contribution in [-0.2, 0) is 0 Å². The summed E-state index contributed by atoms with van der Waals surface area (Å²) < 4.78 is 0. The molecule has 0 saturated carbocycles. The highest BCUT2D eigenvalue weighted by Gasteiger charge is 2.39. The zero-order chi connectivity index (χ0) is 11.3. The number of hydrogen-bond acceptors (Lipinski definition) is 2. The molecule has 0 radical (unpaired) electrons. The van der Waals surface area contributed by atoms with Gasteiger partial charge in [0.25, 0.3) is 0 Å². The maximum Gasteiger partial charge on any atom is 0.0405 e.